The van der Waals surface area contributed by atoms with Gasteiger partial charge in [0.05, 0.1) is 5.69 Å². The summed E-state index contributed by atoms with van der Waals surface area (Å²) in [6, 6.07) is 5.83. The molecule has 0 atom stereocenters. The van der Waals surface area contributed by atoms with Crippen molar-refractivity contribution in [2.75, 3.05) is 6.26 Å². The van der Waals surface area contributed by atoms with E-state index < -0.39 is 0 Å². The highest BCUT2D eigenvalue weighted by Gasteiger charge is 2.15. The molecule has 6 heteroatoms. The first kappa shape index (κ1) is 14.0. The lowest BCUT2D eigenvalue weighted by molar-refractivity contribution is 0.431. The summed E-state index contributed by atoms with van der Waals surface area (Å²) in [5.74, 6) is 0.875. The van der Waals surface area contributed by atoms with Gasteiger partial charge in [-0.15, -0.1) is 11.8 Å². The first-order valence-electron chi connectivity index (χ1n) is 5.66. The molecule has 19 heavy (non-hydrogen) atoms. The molecular formula is C13H15N3OS2. The average molecular weight is 293 g/mol. The van der Waals surface area contributed by atoms with Crippen LogP contribution in [-0.4, -0.2) is 17.1 Å². The summed E-state index contributed by atoms with van der Waals surface area (Å²) in [6.45, 7) is 3.80. The Morgan fingerprint density at radius 1 is 1.32 bits per heavy atom. The third-order valence-electron chi connectivity index (χ3n) is 2.68. The number of oxazole rings is 1. The van der Waals surface area contributed by atoms with Gasteiger partial charge in [0.1, 0.15) is 11.6 Å². The first-order valence-corrected chi connectivity index (χ1v) is 7.70. The van der Waals surface area contributed by atoms with Gasteiger partial charge in [0.25, 0.3) is 5.22 Å². The number of amidine groups is 1. The van der Waals surface area contributed by atoms with Crippen LogP contribution in [-0.2, 0) is 0 Å². The zero-order valence-electron chi connectivity index (χ0n) is 11.0. The summed E-state index contributed by atoms with van der Waals surface area (Å²) >= 11 is 2.97. The molecule has 100 valence electrons. The van der Waals surface area contributed by atoms with Gasteiger partial charge in [-0.1, -0.05) is 6.07 Å². The molecule has 0 saturated heterocycles. The third-order valence-corrected chi connectivity index (χ3v) is 4.37. The molecule has 0 spiro atoms. The molecule has 0 fully saturated rings. The molecule has 0 radical (unpaired) electrons. The smallest absolute Gasteiger partial charge is 0.261 e. The number of aryl methyl sites for hydroxylation is 2. The van der Waals surface area contributed by atoms with Gasteiger partial charge in [0, 0.05) is 15.4 Å². The van der Waals surface area contributed by atoms with Gasteiger partial charge < -0.3 is 10.2 Å². The lowest BCUT2D eigenvalue weighted by Gasteiger charge is -2.10. The average Bonchev–Trinajstić information content (AvgIpc) is 2.67. The van der Waals surface area contributed by atoms with Crippen LogP contribution in [0.4, 0.5) is 0 Å². The second-order valence-electron chi connectivity index (χ2n) is 3.97. The summed E-state index contributed by atoms with van der Waals surface area (Å²) in [4.78, 5) is 6.21. The van der Waals surface area contributed by atoms with E-state index in [1.807, 2.05) is 38.3 Å². The number of nitrogen functional groups attached to an aromatic ring is 1. The quantitative estimate of drug-likeness (QED) is 0.513. The fourth-order valence-electron chi connectivity index (χ4n) is 1.61. The van der Waals surface area contributed by atoms with E-state index in [1.54, 1.807) is 11.8 Å². The van der Waals surface area contributed by atoms with Crippen LogP contribution in [0.5, 0.6) is 0 Å². The van der Waals surface area contributed by atoms with E-state index in [4.69, 9.17) is 15.6 Å². The Bertz CT molecular complexity index is 603. The van der Waals surface area contributed by atoms with Gasteiger partial charge in [0.15, 0.2) is 0 Å². The molecule has 0 saturated carbocycles. The van der Waals surface area contributed by atoms with Crippen molar-refractivity contribution >= 4 is 29.4 Å². The van der Waals surface area contributed by atoms with Gasteiger partial charge in [-0.2, -0.15) is 0 Å². The number of nitrogens with zero attached hydrogens (tertiary/aromatic N) is 1. The fourth-order valence-corrected chi connectivity index (χ4v) is 3.32. The SMILES string of the molecule is CSc1cccc(Sc2nc(C)c(C)o2)c1C(=N)N. The predicted octanol–water partition coefficient (Wildman–Crippen LogP) is 3.45. The van der Waals surface area contributed by atoms with Crippen molar-refractivity contribution in [1.29, 1.82) is 5.41 Å². The highest BCUT2D eigenvalue weighted by molar-refractivity contribution is 7.99. The highest BCUT2D eigenvalue weighted by atomic mass is 32.2. The summed E-state index contributed by atoms with van der Waals surface area (Å²) in [6.07, 6.45) is 1.97. The lowest BCUT2D eigenvalue weighted by Crippen LogP contribution is -2.13. The molecule has 0 aliphatic rings. The molecule has 2 aromatic rings. The van der Waals surface area contributed by atoms with Crippen LogP contribution in [0.3, 0.4) is 0 Å². The Hall–Kier alpha value is -1.40. The molecule has 0 bridgehead atoms. The zero-order valence-corrected chi connectivity index (χ0v) is 12.6. The third kappa shape index (κ3) is 2.96. The normalized spacial score (nSPS) is 10.7. The van der Waals surface area contributed by atoms with Gasteiger partial charge in [-0.05, 0) is 44.0 Å². The number of thioether (sulfide) groups is 1. The van der Waals surface area contributed by atoms with Crippen molar-refractivity contribution in [2.24, 2.45) is 5.73 Å². The van der Waals surface area contributed by atoms with E-state index >= 15 is 0 Å². The minimum atomic E-state index is 0.0625. The van der Waals surface area contributed by atoms with Crippen molar-refractivity contribution in [2.45, 2.75) is 28.9 Å². The second-order valence-corrected chi connectivity index (χ2v) is 5.81. The molecule has 4 nitrogen and oxygen atoms in total. The van der Waals surface area contributed by atoms with E-state index in [2.05, 4.69) is 4.98 Å². The van der Waals surface area contributed by atoms with Crippen LogP contribution in [0, 0.1) is 19.3 Å². The maximum absolute atomic E-state index is 7.73. The molecule has 1 aromatic heterocycles. The summed E-state index contributed by atoms with van der Waals surface area (Å²) < 4.78 is 5.56. The van der Waals surface area contributed by atoms with Crippen molar-refractivity contribution < 1.29 is 4.42 Å². The van der Waals surface area contributed by atoms with Crippen molar-refractivity contribution in [3.8, 4) is 0 Å². The minimum absolute atomic E-state index is 0.0625. The highest BCUT2D eigenvalue weighted by Crippen LogP contribution is 2.34. The Morgan fingerprint density at radius 2 is 2.00 bits per heavy atom. The predicted molar refractivity (Wildman–Crippen MR) is 79.3 cm³/mol. The number of benzene rings is 1. The van der Waals surface area contributed by atoms with Crippen LogP contribution >= 0.6 is 23.5 Å². The molecular weight excluding hydrogens is 278 g/mol. The lowest BCUT2D eigenvalue weighted by atomic mass is 10.2. The van der Waals surface area contributed by atoms with Crippen molar-refractivity contribution in [3.63, 3.8) is 0 Å². The standard InChI is InChI=1S/C13H15N3OS2/c1-7-8(2)17-13(16-7)19-10-6-4-5-9(18-3)11(10)12(14)15/h4-6H,1-3H3,(H3,14,15). The van der Waals surface area contributed by atoms with E-state index in [1.165, 1.54) is 11.8 Å². The van der Waals surface area contributed by atoms with Crippen LogP contribution in [0.25, 0.3) is 0 Å². The molecule has 0 aliphatic carbocycles. The minimum Gasteiger partial charge on any atom is -0.436 e. The van der Waals surface area contributed by atoms with Gasteiger partial charge in [-0.3, -0.25) is 5.41 Å². The zero-order chi connectivity index (χ0) is 14.0. The second kappa shape index (κ2) is 5.71. The molecule has 2 rings (SSSR count). The number of nitrogens with one attached hydrogen (secondary N) is 1. The molecule has 0 amide bonds. The largest absolute Gasteiger partial charge is 0.436 e. The van der Waals surface area contributed by atoms with Crippen molar-refractivity contribution in [3.05, 3.63) is 35.2 Å². The summed E-state index contributed by atoms with van der Waals surface area (Å²) in [7, 11) is 0. The molecule has 0 unspecified atom stereocenters. The first-order chi connectivity index (χ1) is 9.02. The van der Waals surface area contributed by atoms with Crippen LogP contribution < -0.4 is 5.73 Å². The number of hydrogen-bond acceptors (Lipinski definition) is 5. The monoisotopic (exact) mass is 293 g/mol. The maximum Gasteiger partial charge on any atom is 0.261 e. The Labute approximate surface area is 120 Å². The molecule has 1 aromatic carbocycles. The Balaban J connectivity index is 2.42. The molecule has 0 aliphatic heterocycles. The number of aromatic nitrogens is 1. The van der Waals surface area contributed by atoms with Gasteiger partial charge in [0.2, 0.25) is 0 Å². The number of nitrogens with two attached hydrogens (primary N) is 1. The van der Waals surface area contributed by atoms with Gasteiger partial charge >= 0.3 is 0 Å². The van der Waals surface area contributed by atoms with E-state index in [0.29, 0.717) is 5.22 Å². The number of rotatable bonds is 4. The van der Waals surface area contributed by atoms with Crippen molar-refractivity contribution in [1.82, 2.24) is 4.98 Å². The van der Waals surface area contributed by atoms with Gasteiger partial charge in [-0.25, -0.2) is 4.98 Å². The molecule has 1 heterocycles. The summed E-state index contributed by atoms with van der Waals surface area (Å²) in [5.41, 5.74) is 7.31. The topological polar surface area (TPSA) is 75.9 Å². The van der Waals surface area contributed by atoms with E-state index in [9.17, 15) is 0 Å². The Kier molecular flexibility index (Phi) is 4.21. The summed E-state index contributed by atoms with van der Waals surface area (Å²) in [5, 5.41) is 8.31. The van der Waals surface area contributed by atoms with Crippen LogP contribution in [0.2, 0.25) is 0 Å². The van der Waals surface area contributed by atoms with Crippen LogP contribution in [0.1, 0.15) is 17.0 Å². The van der Waals surface area contributed by atoms with E-state index in [0.717, 1.165) is 26.8 Å². The maximum atomic E-state index is 7.73. The van der Waals surface area contributed by atoms with Crippen LogP contribution in [0.15, 0.2) is 37.6 Å². The molecule has 3 N–H and O–H groups in total. The Morgan fingerprint density at radius 3 is 2.53 bits per heavy atom. The van der Waals surface area contributed by atoms with E-state index in [-0.39, 0.29) is 5.84 Å². The fraction of sp³-hybridized carbons (Fsp3) is 0.231. The number of hydrogen-bond donors (Lipinski definition) is 2.